The molecule has 0 heterocycles. The molecule has 0 spiro atoms. The molecule has 0 aromatic rings. The van der Waals surface area contributed by atoms with E-state index in [1.54, 1.807) is 0 Å². The van der Waals surface area contributed by atoms with Gasteiger partial charge in [0.15, 0.2) is 0 Å². The summed E-state index contributed by atoms with van der Waals surface area (Å²) in [6.45, 7) is 9.73. The Bertz CT molecular complexity index is 227. The highest BCUT2D eigenvalue weighted by Crippen LogP contribution is 2.40. The minimum Gasteiger partial charge on any atom is -0.374 e. The van der Waals surface area contributed by atoms with E-state index >= 15 is 0 Å². The van der Waals surface area contributed by atoms with Crippen LogP contribution < -0.4 is 11.3 Å². The Morgan fingerprint density at radius 3 is 2.44 bits per heavy atom. The van der Waals surface area contributed by atoms with Crippen molar-refractivity contribution in [3.8, 4) is 0 Å². The number of ether oxygens (including phenoxy) is 1. The molecule has 0 amide bonds. The van der Waals surface area contributed by atoms with E-state index in [0.29, 0.717) is 5.92 Å². The molecule has 3 N–H and O–H groups in total. The van der Waals surface area contributed by atoms with E-state index in [1.165, 1.54) is 12.8 Å². The van der Waals surface area contributed by atoms with E-state index in [9.17, 15) is 0 Å². The molecule has 1 aliphatic rings. The van der Waals surface area contributed by atoms with Gasteiger partial charge in [-0.2, -0.15) is 0 Å². The van der Waals surface area contributed by atoms with Crippen LogP contribution in [0, 0.1) is 11.8 Å². The van der Waals surface area contributed by atoms with Crippen molar-refractivity contribution in [1.29, 1.82) is 0 Å². The van der Waals surface area contributed by atoms with E-state index in [4.69, 9.17) is 10.6 Å². The van der Waals surface area contributed by atoms with Gasteiger partial charge in [-0.1, -0.05) is 46.5 Å². The van der Waals surface area contributed by atoms with Crippen molar-refractivity contribution in [1.82, 2.24) is 5.43 Å². The molecule has 3 atom stereocenters. The SMILES string of the molecule is CCOC1(C(NN)C(CC)CC)CCCC(C)C1. The lowest BCUT2D eigenvalue weighted by atomic mass is 9.70. The minimum atomic E-state index is -0.0438. The van der Waals surface area contributed by atoms with Crippen LogP contribution >= 0.6 is 0 Å². The zero-order valence-corrected chi connectivity index (χ0v) is 12.7. The minimum absolute atomic E-state index is 0.0438. The smallest absolute Gasteiger partial charge is 0.0853 e. The molecule has 1 aliphatic carbocycles. The Kier molecular flexibility index (Phi) is 6.61. The Morgan fingerprint density at radius 1 is 1.33 bits per heavy atom. The van der Waals surface area contributed by atoms with E-state index in [2.05, 4.69) is 33.1 Å². The number of rotatable bonds is 7. The molecule has 18 heavy (non-hydrogen) atoms. The number of hydrogen-bond donors (Lipinski definition) is 2. The molecule has 3 unspecified atom stereocenters. The van der Waals surface area contributed by atoms with Gasteiger partial charge in [-0.15, -0.1) is 0 Å². The summed E-state index contributed by atoms with van der Waals surface area (Å²) in [6, 6.07) is 0.287. The van der Waals surface area contributed by atoms with Crippen LogP contribution in [0.4, 0.5) is 0 Å². The quantitative estimate of drug-likeness (QED) is 0.543. The Morgan fingerprint density at radius 2 is 2.00 bits per heavy atom. The van der Waals surface area contributed by atoms with Crippen molar-refractivity contribution >= 4 is 0 Å². The van der Waals surface area contributed by atoms with Crippen LogP contribution in [0.15, 0.2) is 0 Å². The second-order valence-corrected chi connectivity index (χ2v) is 5.92. The summed E-state index contributed by atoms with van der Waals surface area (Å²) in [5.41, 5.74) is 3.05. The summed E-state index contributed by atoms with van der Waals surface area (Å²) in [7, 11) is 0. The molecule has 108 valence electrons. The first kappa shape index (κ1) is 15.9. The van der Waals surface area contributed by atoms with Gasteiger partial charge in [-0.3, -0.25) is 11.3 Å². The van der Waals surface area contributed by atoms with E-state index in [0.717, 1.165) is 38.2 Å². The molecule has 1 rings (SSSR count). The second kappa shape index (κ2) is 7.46. The zero-order valence-electron chi connectivity index (χ0n) is 12.7. The topological polar surface area (TPSA) is 47.3 Å². The molecular formula is C15H32N2O. The first-order valence-corrected chi connectivity index (χ1v) is 7.73. The van der Waals surface area contributed by atoms with Crippen LogP contribution in [0.5, 0.6) is 0 Å². The van der Waals surface area contributed by atoms with Crippen LogP contribution in [0.2, 0.25) is 0 Å². The molecule has 0 aliphatic heterocycles. The van der Waals surface area contributed by atoms with Crippen LogP contribution in [0.25, 0.3) is 0 Å². The highest BCUT2D eigenvalue weighted by molar-refractivity contribution is 4.98. The number of hydrazine groups is 1. The maximum Gasteiger partial charge on any atom is 0.0853 e. The highest BCUT2D eigenvalue weighted by Gasteiger charge is 2.44. The Balaban J connectivity index is 2.91. The summed E-state index contributed by atoms with van der Waals surface area (Å²) < 4.78 is 6.24. The average Bonchev–Trinajstić information content (AvgIpc) is 2.35. The van der Waals surface area contributed by atoms with Crippen LogP contribution in [0.1, 0.15) is 66.2 Å². The summed E-state index contributed by atoms with van der Waals surface area (Å²) in [4.78, 5) is 0. The third-order valence-corrected chi connectivity index (χ3v) is 4.69. The third-order valence-electron chi connectivity index (χ3n) is 4.69. The van der Waals surface area contributed by atoms with E-state index < -0.39 is 0 Å². The van der Waals surface area contributed by atoms with Crippen molar-refractivity contribution in [3.05, 3.63) is 0 Å². The molecule has 0 bridgehead atoms. The summed E-state index contributed by atoms with van der Waals surface area (Å²) in [6.07, 6.45) is 7.21. The molecule has 0 radical (unpaired) electrons. The van der Waals surface area contributed by atoms with E-state index in [-0.39, 0.29) is 11.6 Å². The monoisotopic (exact) mass is 256 g/mol. The summed E-state index contributed by atoms with van der Waals surface area (Å²) in [5, 5.41) is 0. The molecule has 3 nitrogen and oxygen atoms in total. The standard InChI is InChI=1S/C15H32N2O/c1-5-13(6-2)14(17-16)15(18-7-3)10-8-9-12(4)11-15/h12-14,17H,5-11,16H2,1-4H3. The number of nitrogens with one attached hydrogen (secondary N) is 1. The van der Waals surface area contributed by atoms with Gasteiger partial charge < -0.3 is 4.74 Å². The molecule has 1 fully saturated rings. The van der Waals surface area contributed by atoms with Gasteiger partial charge in [0.2, 0.25) is 0 Å². The lowest BCUT2D eigenvalue weighted by Crippen LogP contribution is -2.60. The van der Waals surface area contributed by atoms with Crippen LogP contribution in [-0.4, -0.2) is 18.2 Å². The first-order valence-electron chi connectivity index (χ1n) is 7.73. The predicted octanol–water partition coefficient (Wildman–Crippen LogP) is 3.24. The van der Waals surface area contributed by atoms with Crippen molar-refractivity contribution in [2.75, 3.05) is 6.61 Å². The fourth-order valence-corrected chi connectivity index (χ4v) is 3.81. The van der Waals surface area contributed by atoms with Crippen LogP contribution in [0.3, 0.4) is 0 Å². The molecule has 3 heteroatoms. The maximum absolute atomic E-state index is 6.24. The van der Waals surface area contributed by atoms with Gasteiger partial charge in [0, 0.05) is 6.61 Å². The maximum atomic E-state index is 6.24. The molecule has 0 aromatic carbocycles. The summed E-state index contributed by atoms with van der Waals surface area (Å²) >= 11 is 0. The Labute approximate surface area is 113 Å². The highest BCUT2D eigenvalue weighted by atomic mass is 16.5. The molecule has 1 saturated carbocycles. The van der Waals surface area contributed by atoms with Crippen molar-refractivity contribution < 1.29 is 4.74 Å². The largest absolute Gasteiger partial charge is 0.374 e. The summed E-state index contributed by atoms with van der Waals surface area (Å²) in [5.74, 6) is 7.24. The van der Waals surface area contributed by atoms with Gasteiger partial charge in [-0.25, -0.2) is 0 Å². The third kappa shape index (κ3) is 3.46. The fourth-order valence-electron chi connectivity index (χ4n) is 3.81. The van der Waals surface area contributed by atoms with Gasteiger partial charge in [0.25, 0.3) is 0 Å². The van der Waals surface area contributed by atoms with Gasteiger partial charge in [0.05, 0.1) is 11.6 Å². The molecule has 0 aromatic heterocycles. The fraction of sp³-hybridized carbons (Fsp3) is 1.00. The zero-order chi connectivity index (χ0) is 13.6. The Hall–Kier alpha value is -0.120. The normalized spacial score (nSPS) is 30.7. The van der Waals surface area contributed by atoms with Crippen molar-refractivity contribution in [2.24, 2.45) is 17.7 Å². The predicted molar refractivity (Wildman–Crippen MR) is 77.2 cm³/mol. The second-order valence-electron chi connectivity index (χ2n) is 5.92. The first-order chi connectivity index (χ1) is 8.63. The van der Waals surface area contributed by atoms with Crippen LogP contribution in [-0.2, 0) is 4.74 Å². The molecular weight excluding hydrogens is 224 g/mol. The van der Waals surface area contributed by atoms with Crippen molar-refractivity contribution in [2.45, 2.75) is 77.9 Å². The number of hydrogen-bond acceptors (Lipinski definition) is 3. The lowest BCUT2D eigenvalue weighted by Gasteiger charge is -2.47. The van der Waals surface area contributed by atoms with Gasteiger partial charge in [-0.05, 0) is 31.6 Å². The van der Waals surface area contributed by atoms with Gasteiger partial charge in [0.1, 0.15) is 0 Å². The number of nitrogens with two attached hydrogens (primary N) is 1. The van der Waals surface area contributed by atoms with Crippen molar-refractivity contribution in [3.63, 3.8) is 0 Å². The van der Waals surface area contributed by atoms with Gasteiger partial charge >= 0.3 is 0 Å². The molecule has 0 saturated heterocycles. The average molecular weight is 256 g/mol. The lowest BCUT2D eigenvalue weighted by molar-refractivity contribution is -0.113. The van der Waals surface area contributed by atoms with E-state index in [1.807, 2.05) is 0 Å².